The van der Waals surface area contributed by atoms with Crippen molar-refractivity contribution in [1.29, 1.82) is 0 Å². The number of amides is 1. The molecule has 1 aliphatic heterocycles. The third kappa shape index (κ3) is 3.57. The lowest BCUT2D eigenvalue weighted by Gasteiger charge is -2.17. The number of fused-ring (bicyclic) bond motifs is 1. The first-order valence-electron chi connectivity index (χ1n) is 9.80. The molecule has 0 N–H and O–H groups in total. The Kier molecular flexibility index (Phi) is 4.99. The summed E-state index contributed by atoms with van der Waals surface area (Å²) in [5.41, 5.74) is 4.12. The van der Waals surface area contributed by atoms with E-state index in [1.807, 2.05) is 18.2 Å². The summed E-state index contributed by atoms with van der Waals surface area (Å²) in [5.74, 6) is -0.699. The fourth-order valence-corrected chi connectivity index (χ4v) is 3.96. The van der Waals surface area contributed by atoms with Gasteiger partial charge in [-0.1, -0.05) is 18.2 Å². The van der Waals surface area contributed by atoms with Crippen LogP contribution in [0.5, 0.6) is 0 Å². The highest BCUT2D eigenvalue weighted by Gasteiger charge is 2.25. The van der Waals surface area contributed by atoms with Crippen molar-refractivity contribution >= 4 is 23.3 Å². The molecule has 0 radical (unpaired) electrons. The largest absolute Gasteiger partial charge is 0.451 e. The number of hydrogen-bond acceptors (Lipinski definition) is 4. The predicted molar refractivity (Wildman–Crippen MR) is 106 cm³/mol. The molecule has 2 aromatic carbocycles. The Morgan fingerprint density at radius 1 is 0.964 bits per heavy atom. The standard InChI is InChI=1S/C23H23NO4/c1-15(22(26)18-11-10-16-5-2-6-17(16)13-18)28-23(27)19-7-3-8-20(14-19)24-12-4-9-21(24)25/h3,7-8,10-11,13-15H,2,4-6,9,12H2,1H3/t15-/m0/s1. The molecule has 0 aromatic heterocycles. The monoisotopic (exact) mass is 377 g/mol. The van der Waals surface area contributed by atoms with Gasteiger partial charge in [-0.15, -0.1) is 0 Å². The molecular formula is C23H23NO4. The third-order valence-corrected chi connectivity index (χ3v) is 5.50. The number of carbonyl (C=O) groups excluding carboxylic acids is 3. The number of benzene rings is 2. The molecule has 1 heterocycles. The van der Waals surface area contributed by atoms with Crippen molar-refractivity contribution in [3.63, 3.8) is 0 Å². The van der Waals surface area contributed by atoms with E-state index in [-0.39, 0.29) is 11.7 Å². The van der Waals surface area contributed by atoms with Crippen LogP contribution in [-0.4, -0.2) is 30.3 Å². The normalized spacial score (nSPS) is 16.8. The molecule has 5 heteroatoms. The van der Waals surface area contributed by atoms with Crippen LogP contribution in [0.3, 0.4) is 0 Å². The van der Waals surface area contributed by atoms with Crippen LogP contribution < -0.4 is 4.90 Å². The van der Waals surface area contributed by atoms with Gasteiger partial charge < -0.3 is 9.64 Å². The Labute approximate surface area is 164 Å². The van der Waals surface area contributed by atoms with E-state index in [0.717, 1.165) is 25.7 Å². The quantitative estimate of drug-likeness (QED) is 0.588. The number of ketones is 1. The van der Waals surface area contributed by atoms with E-state index < -0.39 is 12.1 Å². The molecule has 144 valence electrons. The smallest absolute Gasteiger partial charge is 0.338 e. The zero-order valence-electron chi connectivity index (χ0n) is 15.9. The van der Waals surface area contributed by atoms with Crippen LogP contribution in [0, 0.1) is 0 Å². The van der Waals surface area contributed by atoms with E-state index in [0.29, 0.717) is 29.8 Å². The topological polar surface area (TPSA) is 63.7 Å². The van der Waals surface area contributed by atoms with Crippen molar-refractivity contribution in [2.45, 2.75) is 45.1 Å². The summed E-state index contributed by atoms with van der Waals surface area (Å²) in [6, 6.07) is 12.6. The van der Waals surface area contributed by atoms with Crippen LogP contribution in [0.15, 0.2) is 42.5 Å². The summed E-state index contributed by atoms with van der Waals surface area (Å²) in [4.78, 5) is 38.9. The van der Waals surface area contributed by atoms with Crippen molar-refractivity contribution in [3.05, 3.63) is 64.7 Å². The lowest BCUT2D eigenvalue weighted by molar-refractivity contribution is -0.117. The first kappa shape index (κ1) is 18.4. The van der Waals surface area contributed by atoms with Gasteiger partial charge in [0.15, 0.2) is 6.10 Å². The molecule has 2 aliphatic rings. The molecule has 1 fully saturated rings. The lowest BCUT2D eigenvalue weighted by atomic mass is 10.0. The molecule has 1 aliphatic carbocycles. The SMILES string of the molecule is C[C@H](OC(=O)c1cccc(N2CCCC2=O)c1)C(=O)c1ccc2c(c1)CCC2. The second-order valence-corrected chi connectivity index (χ2v) is 7.45. The molecule has 1 amide bonds. The maximum atomic E-state index is 12.7. The maximum absolute atomic E-state index is 12.7. The molecule has 1 atom stereocenters. The van der Waals surface area contributed by atoms with Gasteiger partial charge in [0.2, 0.25) is 11.7 Å². The number of Topliss-reactive ketones (excluding diaryl/α,β-unsaturated/α-hetero) is 1. The van der Waals surface area contributed by atoms with Crippen molar-refractivity contribution in [3.8, 4) is 0 Å². The van der Waals surface area contributed by atoms with Gasteiger partial charge >= 0.3 is 5.97 Å². The molecule has 5 nitrogen and oxygen atoms in total. The van der Waals surface area contributed by atoms with Gasteiger partial charge in [-0.3, -0.25) is 9.59 Å². The number of nitrogens with zero attached hydrogens (tertiary/aromatic N) is 1. The molecule has 1 saturated heterocycles. The number of aryl methyl sites for hydroxylation is 2. The summed E-state index contributed by atoms with van der Waals surface area (Å²) in [5, 5.41) is 0. The average molecular weight is 377 g/mol. The second kappa shape index (κ2) is 7.58. The molecule has 28 heavy (non-hydrogen) atoms. The number of esters is 1. The fourth-order valence-electron chi connectivity index (χ4n) is 3.96. The molecule has 0 spiro atoms. The molecule has 0 bridgehead atoms. The first-order valence-corrected chi connectivity index (χ1v) is 9.80. The number of rotatable bonds is 5. The Morgan fingerprint density at radius 3 is 2.57 bits per heavy atom. The number of anilines is 1. The van der Waals surface area contributed by atoms with E-state index >= 15 is 0 Å². The summed E-state index contributed by atoms with van der Waals surface area (Å²) in [6.45, 7) is 2.26. The number of hydrogen-bond donors (Lipinski definition) is 0. The number of carbonyl (C=O) groups is 3. The minimum atomic E-state index is -0.871. The summed E-state index contributed by atoms with van der Waals surface area (Å²) in [6.07, 6.45) is 3.65. The van der Waals surface area contributed by atoms with Gasteiger partial charge in [-0.25, -0.2) is 4.79 Å². The zero-order valence-corrected chi connectivity index (χ0v) is 15.9. The van der Waals surface area contributed by atoms with Gasteiger partial charge in [0.05, 0.1) is 5.56 Å². The molecular weight excluding hydrogens is 354 g/mol. The van der Waals surface area contributed by atoms with Crippen LogP contribution in [0.1, 0.15) is 58.0 Å². The van der Waals surface area contributed by atoms with E-state index in [4.69, 9.17) is 4.74 Å². The van der Waals surface area contributed by atoms with Gasteiger partial charge in [-0.2, -0.15) is 0 Å². The lowest BCUT2D eigenvalue weighted by Crippen LogP contribution is -2.26. The minimum Gasteiger partial charge on any atom is -0.451 e. The summed E-state index contributed by atoms with van der Waals surface area (Å²) >= 11 is 0. The molecule has 0 unspecified atom stereocenters. The molecule has 2 aromatic rings. The van der Waals surface area contributed by atoms with Crippen molar-refractivity contribution < 1.29 is 19.1 Å². The van der Waals surface area contributed by atoms with Gasteiger partial charge in [0.1, 0.15) is 0 Å². The average Bonchev–Trinajstić information content (AvgIpc) is 3.35. The van der Waals surface area contributed by atoms with Gasteiger partial charge in [0, 0.05) is 24.2 Å². The molecule has 0 saturated carbocycles. The highest BCUT2D eigenvalue weighted by Crippen LogP contribution is 2.25. The number of ether oxygens (including phenoxy) is 1. The van der Waals surface area contributed by atoms with Crippen LogP contribution >= 0.6 is 0 Å². The zero-order chi connectivity index (χ0) is 19.7. The van der Waals surface area contributed by atoms with Gasteiger partial charge in [-0.05, 0) is 68.0 Å². The first-order chi connectivity index (χ1) is 13.5. The van der Waals surface area contributed by atoms with Crippen LogP contribution in [-0.2, 0) is 22.4 Å². The van der Waals surface area contributed by atoms with Gasteiger partial charge in [0.25, 0.3) is 0 Å². The second-order valence-electron chi connectivity index (χ2n) is 7.45. The van der Waals surface area contributed by atoms with Crippen LogP contribution in [0.25, 0.3) is 0 Å². The van der Waals surface area contributed by atoms with E-state index in [9.17, 15) is 14.4 Å². The van der Waals surface area contributed by atoms with Crippen molar-refractivity contribution in [1.82, 2.24) is 0 Å². The van der Waals surface area contributed by atoms with Crippen LogP contribution in [0.2, 0.25) is 0 Å². The highest BCUT2D eigenvalue weighted by atomic mass is 16.5. The van der Waals surface area contributed by atoms with E-state index in [1.54, 1.807) is 36.1 Å². The van der Waals surface area contributed by atoms with E-state index in [1.165, 1.54) is 11.1 Å². The van der Waals surface area contributed by atoms with E-state index in [2.05, 4.69) is 0 Å². The summed E-state index contributed by atoms with van der Waals surface area (Å²) < 4.78 is 5.42. The summed E-state index contributed by atoms with van der Waals surface area (Å²) in [7, 11) is 0. The Hall–Kier alpha value is -2.95. The Morgan fingerprint density at radius 2 is 1.79 bits per heavy atom. The minimum absolute atomic E-state index is 0.0608. The maximum Gasteiger partial charge on any atom is 0.338 e. The molecule has 4 rings (SSSR count). The van der Waals surface area contributed by atoms with Crippen molar-refractivity contribution in [2.75, 3.05) is 11.4 Å². The fraction of sp³-hybridized carbons (Fsp3) is 0.348. The highest BCUT2D eigenvalue weighted by molar-refractivity contribution is 6.02. The Balaban J connectivity index is 1.46. The van der Waals surface area contributed by atoms with Crippen LogP contribution in [0.4, 0.5) is 5.69 Å². The predicted octanol–water partition coefficient (Wildman–Crippen LogP) is 3.73. The third-order valence-electron chi connectivity index (χ3n) is 5.50. The van der Waals surface area contributed by atoms with Crippen molar-refractivity contribution in [2.24, 2.45) is 0 Å². The Bertz CT molecular complexity index is 949.